The summed E-state index contributed by atoms with van der Waals surface area (Å²) in [6.45, 7) is 1.30. The first kappa shape index (κ1) is 13.8. The highest BCUT2D eigenvalue weighted by atomic mass is 16.5. The lowest BCUT2D eigenvalue weighted by Crippen LogP contribution is -2.29. The smallest absolute Gasteiger partial charge is 0.309 e. The monoisotopic (exact) mass is 266 g/mol. The second-order valence-corrected chi connectivity index (χ2v) is 5.02. The Hall–Kier alpha value is -1.65. The molecule has 0 aromatic carbocycles. The number of carbonyl (C=O) groups is 3. The van der Waals surface area contributed by atoms with Crippen molar-refractivity contribution < 1.29 is 23.9 Å². The molecule has 5 nitrogen and oxygen atoms in total. The third-order valence-electron chi connectivity index (χ3n) is 3.85. The van der Waals surface area contributed by atoms with Gasteiger partial charge in [-0.05, 0) is 31.3 Å². The van der Waals surface area contributed by atoms with Gasteiger partial charge in [0.1, 0.15) is 0 Å². The summed E-state index contributed by atoms with van der Waals surface area (Å²) < 4.78 is 9.85. The molecular formula is C14H18O5. The van der Waals surface area contributed by atoms with Crippen molar-refractivity contribution in [1.82, 2.24) is 0 Å². The number of hydrogen-bond donors (Lipinski definition) is 0. The molecule has 0 N–H and O–H groups in total. The van der Waals surface area contributed by atoms with Gasteiger partial charge in [0.25, 0.3) is 0 Å². The molecule has 0 amide bonds. The zero-order chi connectivity index (χ0) is 14.0. The quantitative estimate of drug-likeness (QED) is 0.707. The minimum Gasteiger partial charge on any atom is -0.469 e. The highest BCUT2D eigenvalue weighted by molar-refractivity contribution is 6.01. The van der Waals surface area contributed by atoms with Gasteiger partial charge in [-0.1, -0.05) is 6.08 Å². The van der Waals surface area contributed by atoms with E-state index in [0.717, 1.165) is 12.8 Å². The first-order valence-corrected chi connectivity index (χ1v) is 6.54. The summed E-state index contributed by atoms with van der Waals surface area (Å²) in [5.74, 6) is -1.21. The molecule has 2 rings (SSSR count). The summed E-state index contributed by atoms with van der Waals surface area (Å²) in [5, 5.41) is 0. The number of hydrogen-bond acceptors (Lipinski definition) is 5. The second-order valence-electron chi connectivity index (χ2n) is 5.02. The molecule has 1 saturated carbocycles. The first-order valence-electron chi connectivity index (χ1n) is 6.54. The predicted molar refractivity (Wildman–Crippen MR) is 66.1 cm³/mol. The maximum atomic E-state index is 12.3. The van der Waals surface area contributed by atoms with Crippen LogP contribution in [0, 0.1) is 11.8 Å². The Morgan fingerprint density at radius 2 is 2.05 bits per heavy atom. The van der Waals surface area contributed by atoms with E-state index in [1.54, 1.807) is 6.08 Å². The van der Waals surface area contributed by atoms with Gasteiger partial charge in [-0.3, -0.25) is 14.4 Å². The average Bonchev–Trinajstić information content (AvgIpc) is 2.73. The number of carbonyl (C=O) groups excluding carboxylic acids is 3. The van der Waals surface area contributed by atoms with Gasteiger partial charge in [-0.15, -0.1) is 0 Å². The number of allylic oxidation sites excluding steroid dienone is 1. The van der Waals surface area contributed by atoms with Crippen LogP contribution in [0.5, 0.6) is 0 Å². The van der Waals surface area contributed by atoms with E-state index >= 15 is 0 Å². The minimum atomic E-state index is -0.690. The summed E-state index contributed by atoms with van der Waals surface area (Å²) in [6, 6.07) is 0. The molecule has 19 heavy (non-hydrogen) atoms. The lowest BCUT2D eigenvalue weighted by molar-refractivity contribution is -0.152. The number of fused-ring (bicyclic) bond motifs is 1. The number of Topliss-reactive ketones (excluding diaryl/α,β-unsaturated/α-hetero) is 1. The van der Waals surface area contributed by atoms with Crippen LogP contribution in [0.4, 0.5) is 0 Å². The topological polar surface area (TPSA) is 69.7 Å². The van der Waals surface area contributed by atoms with Gasteiger partial charge in [-0.2, -0.15) is 0 Å². The van der Waals surface area contributed by atoms with Crippen molar-refractivity contribution in [2.24, 2.45) is 11.8 Å². The van der Waals surface area contributed by atoms with Crippen LogP contribution in [-0.2, 0) is 23.9 Å². The lowest BCUT2D eigenvalue weighted by atomic mass is 9.87. The standard InChI is InChI=1S/C14H18O5/c1-8(15)19-12-5-3-4-9-10(13(12)16)6-7-11(9)14(17)18-2/h6,9,11-12H,3-5,7H2,1-2H3/t9?,11-,12?/m0/s1. The number of ether oxygens (including phenoxy) is 2. The van der Waals surface area contributed by atoms with E-state index in [0.29, 0.717) is 18.4 Å². The molecule has 0 saturated heterocycles. The van der Waals surface area contributed by atoms with Crippen molar-refractivity contribution in [2.75, 3.05) is 7.11 Å². The summed E-state index contributed by atoms with van der Waals surface area (Å²) in [4.78, 5) is 35.0. The van der Waals surface area contributed by atoms with Gasteiger partial charge in [-0.25, -0.2) is 0 Å². The lowest BCUT2D eigenvalue weighted by Gasteiger charge is -2.18. The SMILES string of the molecule is COC(=O)[C@H]1CC=C2C(=O)C(OC(C)=O)CCCC21. The van der Waals surface area contributed by atoms with Crippen LogP contribution >= 0.6 is 0 Å². The van der Waals surface area contributed by atoms with Crippen LogP contribution in [-0.4, -0.2) is 30.9 Å². The molecule has 2 aliphatic rings. The van der Waals surface area contributed by atoms with E-state index in [1.807, 2.05) is 0 Å². The molecule has 0 aliphatic heterocycles. The van der Waals surface area contributed by atoms with Crippen LogP contribution in [0.1, 0.15) is 32.6 Å². The van der Waals surface area contributed by atoms with E-state index in [-0.39, 0.29) is 23.6 Å². The fourth-order valence-electron chi connectivity index (χ4n) is 2.99. The van der Waals surface area contributed by atoms with E-state index in [1.165, 1.54) is 14.0 Å². The molecule has 1 fully saturated rings. The zero-order valence-corrected chi connectivity index (χ0v) is 11.2. The molecule has 104 valence electrons. The van der Waals surface area contributed by atoms with E-state index in [4.69, 9.17) is 9.47 Å². The maximum Gasteiger partial charge on any atom is 0.309 e. The van der Waals surface area contributed by atoms with Gasteiger partial charge in [0, 0.05) is 12.8 Å². The summed E-state index contributed by atoms with van der Waals surface area (Å²) in [6.07, 6.45) is 3.70. The van der Waals surface area contributed by atoms with Gasteiger partial charge in [0.15, 0.2) is 11.9 Å². The van der Waals surface area contributed by atoms with Crippen molar-refractivity contribution in [3.63, 3.8) is 0 Å². The molecule has 0 heterocycles. The highest BCUT2D eigenvalue weighted by Crippen LogP contribution is 2.40. The Balaban J connectivity index is 2.16. The summed E-state index contributed by atoms with van der Waals surface area (Å²) in [7, 11) is 1.36. The first-order chi connectivity index (χ1) is 9.04. The van der Waals surface area contributed by atoms with Crippen molar-refractivity contribution in [1.29, 1.82) is 0 Å². The second kappa shape index (κ2) is 5.55. The molecule has 0 aromatic rings. The third-order valence-corrected chi connectivity index (χ3v) is 3.85. The van der Waals surface area contributed by atoms with E-state index < -0.39 is 12.1 Å². The number of rotatable bonds is 2. The zero-order valence-electron chi connectivity index (χ0n) is 11.2. The molecule has 0 radical (unpaired) electrons. The van der Waals surface area contributed by atoms with Gasteiger partial charge >= 0.3 is 11.9 Å². The van der Waals surface area contributed by atoms with Crippen LogP contribution in [0.2, 0.25) is 0 Å². The Labute approximate surface area is 111 Å². The molecular weight excluding hydrogens is 248 g/mol. The Morgan fingerprint density at radius 1 is 1.32 bits per heavy atom. The fourth-order valence-corrected chi connectivity index (χ4v) is 2.99. The van der Waals surface area contributed by atoms with Crippen LogP contribution in [0.3, 0.4) is 0 Å². The van der Waals surface area contributed by atoms with Gasteiger partial charge < -0.3 is 9.47 Å². The maximum absolute atomic E-state index is 12.3. The molecule has 0 aromatic heterocycles. The largest absolute Gasteiger partial charge is 0.469 e. The fraction of sp³-hybridized carbons (Fsp3) is 0.643. The predicted octanol–water partition coefficient (Wildman–Crippen LogP) is 1.41. The Bertz CT molecular complexity index is 437. The van der Waals surface area contributed by atoms with Crippen LogP contribution in [0.15, 0.2) is 11.6 Å². The van der Waals surface area contributed by atoms with E-state index in [2.05, 4.69) is 0 Å². The van der Waals surface area contributed by atoms with Gasteiger partial charge in [0.05, 0.1) is 13.0 Å². The normalized spacial score (nSPS) is 30.1. The van der Waals surface area contributed by atoms with Crippen LogP contribution in [0.25, 0.3) is 0 Å². The molecule has 0 spiro atoms. The third kappa shape index (κ3) is 2.69. The van der Waals surface area contributed by atoms with Crippen molar-refractivity contribution in [2.45, 2.75) is 38.7 Å². The average molecular weight is 266 g/mol. The number of esters is 2. The summed E-state index contributed by atoms with van der Waals surface area (Å²) in [5.41, 5.74) is 0.638. The Kier molecular flexibility index (Phi) is 4.02. The number of methoxy groups -OCH3 is 1. The summed E-state index contributed by atoms with van der Waals surface area (Å²) >= 11 is 0. The molecule has 2 unspecified atom stereocenters. The molecule has 2 aliphatic carbocycles. The molecule has 0 bridgehead atoms. The van der Waals surface area contributed by atoms with Crippen molar-refractivity contribution in [3.8, 4) is 0 Å². The van der Waals surface area contributed by atoms with Gasteiger partial charge in [0.2, 0.25) is 0 Å². The van der Waals surface area contributed by atoms with Crippen molar-refractivity contribution >= 4 is 17.7 Å². The van der Waals surface area contributed by atoms with Crippen LogP contribution < -0.4 is 0 Å². The molecule has 5 heteroatoms. The van der Waals surface area contributed by atoms with E-state index in [9.17, 15) is 14.4 Å². The molecule has 3 atom stereocenters. The number of ketones is 1. The Morgan fingerprint density at radius 3 is 2.68 bits per heavy atom. The minimum absolute atomic E-state index is 0.0829. The van der Waals surface area contributed by atoms with Crippen molar-refractivity contribution in [3.05, 3.63) is 11.6 Å². The highest BCUT2D eigenvalue weighted by Gasteiger charge is 2.42.